The fourth-order valence-corrected chi connectivity index (χ4v) is 7.77. The van der Waals surface area contributed by atoms with E-state index in [2.05, 4.69) is 13.8 Å². The minimum absolute atomic E-state index is 0.0513. The molecule has 8 unspecified atom stereocenters. The third-order valence-electron chi connectivity index (χ3n) is 9.19. The fraction of sp³-hybridized carbons (Fsp3) is 1.00. The van der Waals surface area contributed by atoms with Crippen LogP contribution in [0.25, 0.3) is 0 Å². The van der Waals surface area contributed by atoms with Gasteiger partial charge in [0, 0.05) is 0 Å². The summed E-state index contributed by atoms with van der Waals surface area (Å²) in [5.74, 6) is 3.22. The summed E-state index contributed by atoms with van der Waals surface area (Å²) in [6.45, 7) is 9.18. The number of ether oxygens (including phenoxy) is 1. The van der Waals surface area contributed by atoms with Crippen LogP contribution in [0.15, 0.2) is 0 Å². The molecule has 0 saturated heterocycles. The Kier molecular flexibility index (Phi) is 4.77. The molecular weight excluding hydrogens is 324 g/mol. The highest BCUT2D eigenvalue weighted by Crippen LogP contribution is 2.66. The monoisotopic (exact) mass is 364 g/mol. The van der Waals surface area contributed by atoms with Crippen LogP contribution >= 0.6 is 0 Å². The van der Waals surface area contributed by atoms with Crippen molar-refractivity contribution in [1.29, 1.82) is 0 Å². The van der Waals surface area contributed by atoms with Crippen molar-refractivity contribution in [2.24, 2.45) is 34.5 Å². The predicted molar refractivity (Wildman–Crippen MR) is 104 cm³/mol. The third-order valence-corrected chi connectivity index (χ3v) is 9.19. The zero-order valence-electron chi connectivity index (χ0n) is 17.3. The minimum atomic E-state index is -0.736. The van der Waals surface area contributed by atoms with Crippen LogP contribution in [0.5, 0.6) is 0 Å². The summed E-state index contributed by atoms with van der Waals surface area (Å²) < 4.78 is 6.28. The van der Waals surface area contributed by atoms with Gasteiger partial charge in [0.25, 0.3) is 0 Å². The van der Waals surface area contributed by atoms with Crippen molar-refractivity contribution < 1.29 is 14.9 Å². The van der Waals surface area contributed by atoms with Gasteiger partial charge in [0.05, 0.1) is 24.4 Å². The fourth-order valence-electron chi connectivity index (χ4n) is 7.77. The van der Waals surface area contributed by atoms with Crippen LogP contribution in [0, 0.1) is 34.5 Å². The van der Waals surface area contributed by atoms with E-state index in [1.807, 2.05) is 13.8 Å². The van der Waals surface area contributed by atoms with Crippen molar-refractivity contribution in [1.82, 2.24) is 0 Å². The maximum atomic E-state index is 10.2. The van der Waals surface area contributed by atoms with Crippen molar-refractivity contribution in [2.75, 3.05) is 6.61 Å². The molecule has 150 valence electrons. The van der Waals surface area contributed by atoms with Crippen LogP contribution in [0.2, 0.25) is 0 Å². The third kappa shape index (κ3) is 3.06. The lowest BCUT2D eigenvalue weighted by molar-refractivity contribution is -0.150. The molecular formula is C23H40O3. The van der Waals surface area contributed by atoms with Crippen molar-refractivity contribution >= 4 is 0 Å². The quantitative estimate of drug-likeness (QED) is 0.772. The Morgan fingerprint density at radius 3 is 2.35 bits per heavy atom. The van der Waals surface area contributed by atoms with E-state index in [9.17, 15) is 10.2 Å². The molecule has 4 aliphatic carbocycles. The van der Waals surface area contributed by atoms with Crippen LogP contribution in [-0.2, 0) is 4.74 Å². The standard InChI is InChI=1S/C23H40O3/c1-21(2,25)14-26-20-8-7-18-17-6-5-15-13-16(24)9-11-22(15,3)19(17)10-12-23(18,20)4/h15-20,24-25H,5-14H2,1-4H3. The van der Waals surface area contributed by atoms with Crippen LogP contribution in [0.3, 0.4) is 0 Å². The molecule has 4 fully saturated rings. The molecule has 0 heterocycles. The Bertz CT molecular complexity index is 526. The first-order valence-corrected chi connectivity index (χ1v) is 11.2. The molecule has 0 bridgehead atoms. The number of hydrogen-bond acceptors (Lipinski definition) is 3. The smallest absolute Gasteiger partial charge is 0.0824 e. The summed E-state index contributed by atoms with van der Waals surface area (Å²) in [5.41, 5.74) is 0.0133. The van der Waals surface area contributed by atoms with Gasteiger partial charge < -0.3 is 14.9 Å². The summed E-state index contributed by atoms with van der Waals surface area (Å²) >= 11 is 0. The van der Waals surface area contributed by atoms with E-state index in [0.29, 0.717) is 23.5 Å². The maximum absolute atomic E-state index is 10.2. The van der Waals surface area contributed by atoms with E-state index in [1.165, 1.54) is 44.9 Å². The van der Waals surface area contributed by atoms with Gasteiger partial charge in [-0.3, -0.25) is 0 Å². The van der Waals surface area contributed by atoms with Gasteiger partial charge in [-0.15, -0.1) is 0 Å². The van der Waals surface area contributed by atoms with E-state index in [-0.39, 0.29) is 6.10 Å². The number of hydrogen-bond donors (Lipinski definition) is 2. The Morgan fingerprint density at radius 1 is 0.923 bits per heavy atom. The second-order valence-corrected chi connectivity index (χ2v) is 11.3. The molecule has 4 aliphatic rings. The van der Waals surface area contributed by atoms with Crippen LogP contribution in [0.1, 0.15) is 85.5 Å². The Morgan fingerprint density at radius 2 is 1.62 bits per heavy atom. The zero-order valence-corrected chi connectivity index (χ0v) is 17.3. The first-order chi connectivity index (χ1) is 12.1. The second kappa shape index (κ2) is 6.46. The molecule has 3 nitrogen and oxygen atoms in total. The van der Waals surface area contributed by atoms with Crippen LogP contribution < -0.4 is 0 Å². The SMILES string of the molecule is CC(C)(O)COC1CCC2C3CCC4CC(O)CCC4(C)C3CCC12C. The van der Waals surface area contributed by atoms with Crippen molar-refractivity contribution in [3.05, 3.63) is 0 Å². The number of fused-ring (bicyclic) bond motifs is 5. The molecule has 0 aromatic rings. The van der Waals surface area contributed by atoms with E-state index in [0.717, 1.165) is 36.5 Å². The molecule has 8 atom stereocenters. The van der Waals surface area contributed by atoms with Crippen molar-refractivity contribution in [3.8, 4) is 0 Å². The number of rotatable bonds is 3. The summed E-state index contributed by atoms with van der Waals surface area (Å²) in [5, 5.41) is 20.3. The molecule has 0 amide bonds. The van der Waals surface area contributed by atoms with Gasteiger partial charge in [-0.05, 0) is 106 Å². The molecule has 4 rings (SSSR count). The zero-order chi connectivity index (χ0) is 18.7. The average molecular weight is 365 g/mol. The van der Waals surface area contributed by atoms with E-state index >= 15 is 0 Å². The first kappa shape index (κ1) is 19.2. The predicted octanol–water partition coefficient (Wildman–Crippen LogP) is 4.55. The Balaban J connectivity index is 1.51. The Hall–Kier alpha value is -0.120. The normalized spacial score (nSPS) is 51.5. The maximum Gasteiger partial charge on any atom is 0.0824 e. The highest BCUT2D eigenvalue weighted by atomic mass is 16.5. The van der Waals surface area contributed by atoms with Gasteiger partial charge in [0.15, 0.2) is 0 Å². The van der Waals surface area contributed by atoms with E-state index in [4.69, 9.17) is 4.74 Å². The second-order valence-electron chi connectivity index (χ2n) is 11.3. The number of aliphatic hydroxyl groups is 2. The van der Waals surface area contributed by atoms with Gasteiger partial charge in [-0.1, -0.05) is 13.8 Å². The average Bonchev–Trinajstić information content (AvgIpc) is 2.89. The molecule has 3 heteroatoms. The lowest BCUT2D eigenvalue weighted by atomic mass is 9.45. The summed E-state index contributed by atoms with van der Waals surface area (Å²) in [4.78, 5) is 0. The molecule has 0 spiro atoms. The van der Waals surface area contributed by atoms with Crippen molar-refractivity contribution in [3.63, 3.8) is 0 Å². The van der Waals surface area contributed by atoms with Crippen molar-refractivity contribution in [2.45, 2.75) is 103 Å². The summed E-state index contributed by atoms with van der Waals surface area (Å²) in [6, 6.07) is 0. The molecule has 0 radical (unpaired) electrons. The van der Waals surface area contributed by atoms with Gasteiger partial charge in [-0.2, -0.15) is 0 Å². The van der Waals surface area contributed by atoms with Crippen LogP contribution in [-0.4, -0.2) is 34.6 Å². The highest BCUT2D eigenvalue weighted by molar-refractivity contribution is 5.09. The van der Waals surface area contributed by atoms with Crippen LogP contribution in [0.4, 0.5) is 0 Å². The summed E-state index contributed by atoms with van der Waals surface area (Å²) in [6.07, 6.45) is 11.3. The number of aliphatic hydroxyl groups excluding tert-OH is 1. The van der Waals surface area contributed by atoms with E-state index in [1.54, 1.807) is 0 Å². The highest BCUT2D eigenvalue weighted by Gasteiger charge is 2.60. The van der Waals surface area contributed by atoms with E-state index < -0.39 is 5.60 Å². The van der Waals surface area contributed by atoms with Gasteiger partial charge in [0.1, 0.15) is 0 Å². The molecule has 26 heavy (non-hydrogen) atoms. The molecule has 0 aromatic carbocycles. The van der Waals surface area contributed by atoms with Gasteiger partial charge >= 0.3 is 0 Å². The minimum Gasteiger partial charge on any atom is -0.393 e. The van der Waals surface area contributed by atoms with Gasteiger partial charge in [0.2, 0.25) is 0 Å². The molecule has 4 saturated carbocycles. The largest absolute Gasteiger partial charge is 0.393 e. The lowest BCUT2D eigenvalue weighted by Gasteiger charge is -2.60. The lowest BCUT2D eigenvalue weighted by Crippen LogP contribution is -2.54. The first-order valence-electron chi connectivity index (χ1n) is 11.2. The Labute approximate surface area is 159 Å². The summed E-state index contributed by atoms with van der Waals surface area (Å²) in [7, 11) is 0. The molecule has 0 aromatic heterocycles. The molecule has 2 N–H and O–H groups in total. The topological polar surface area (TPSA) is 49.7 Å². The van der Waals surface area contributed by atoms with Gasteiger partial charge in [-0.25, -0.2) is 0 Å². The molecule has 0 aliphatic heterocycles.